The third-order valence-corrected chi connectivity index (χ3v) is 4.09. The Bertz CT molecular complexity index is 970. The third kappa shape index (κ3) is 3.42. The molecule has 0 aromatic heterocycles. The molecule has 3 aromatic rings. The number of hydrogen-bond donors (Lipinski definition) is 1. The van der Waals surface area contributed by atoms with Gasteiger partial charge in [0, 0.05) is 11.3 Å². The molecule has 26 heavy (non-hydrogen) atoms. The van der Waals surface area contributed by atoms with Gasteiger partial charge in [0.1, 0.15) is 5.75 Å². The van der Waals surface area contributed by atoms with Crippen LogP contribution in [0.15, 0.2) is 60.7 Å². The SMILES string of the molecule is COc1ccccc1-c1ccc(NC(=O)c2cccc(F)c2F)c(C)c1. The van der Waals surface area contributed by atoms with Crippen LogP contribution in [0.3, 0.4) is 0 Å². The molecule has 0 saturated heterocycles. The summed E-state index contributed by atoms with van der Waals surface area (Å²) < 4.78 is 32.4. The van der Waals surface area contributed by atoms with E-state index in [-0.39, 0.29) is 5.56 Å². The second kappa shape index (κ2) is 7.35. The summed E-state index contributed by atoms with van der Waals surface area (Å²) in [4.78, 5) is 12.3. The van der Waals surface area contributed by atoms with E-state index in [1.807, 2.05) is 43.3 Å². The van der Waals surface area contributed by atoms with Crippen molar-refractivity contribution < 1.29 is 18.3 Å². The van der Waals surface area contributed by atoms with Crippen molar-refractivity contribution in [2.24, 2.45) is 0 Å². The molecule has 3 aromatic carbocycles. The topological polar surface area (TPSA) is 38.3 Å². The van der Waals surface area contributed by atoms with Gasteiger partial charge in [-0.05, 0) is 48.4 Å². The summed E-state index contributed by atoms with van der Waals surface area (Å²) in [7, 11) is 1.60. The van der Waals surface area contributed by atoms with Crippen LogP contribution < -0.4 is 10.1 Å². The second-order valence-corrected chi connectivity index (χ2v) is 5.79. The average Bonchev–Trinajstić information content (AvgIpc) is 2.65. The zero-order valence-electron chi connectivity index (χ0n) is 14.3. The van der Waals surface area contributed by atoms with Gasteiger partial charge in [0.25, 0.3) is 5.91 Å². The van der Waals surface area contributed by atoms with Crippen molar-refractivity contribution in [2.45, 2.75) is 6.92 Å². The maximum Gasteiger partial charge on any atom is 0.258 e. The Morgan fingerprint density at radius 2 is 1.77 bits per heavy atom. The van der Waals surface area contributed by atoms with Crippen LogP contribution in [-0.2, 0) is 0 Å². The molecular weight excluding hydrogens is 336 g/mol. The first-order valence-electron chi connectivity index (χ1n) is 8.00. The molecule has 0 spiro atoms. The number of carbonyl (C=O) groups is 1. The fourth-order valence-electron chi connectivity index (χ4n) is 2.72. The highest BCUT2D eigenvalue weighted by atomic mass is 19.2. The van der Waals surface area contributed by atoms with E-state index in [4.69, 9.17) is 4.74 Å². The van der Waals surface area contributed by atoms with Gasteiger partial charge in [-0.3, -0.25) is 4.79 Å². The Hall–Kier alpha value is -3.21. The van der Waals surface area contributed by atoms with Crippen LogP contribution in [0.2, 0.25) is 0 Å². The standard InChI is InChI=1S/C21H17F2NO2/c1-13-12-14(15-6-3-4-9-19(15)26-2)10-11-18(13)24-21(25)16-7-5-8-17(22)20(16)23/h3-12H,1-2H3,(H,24,25). The number of para-hydroxylation sites is 1. The number of hydrogen-bond acceptors (Lipinski definition) is 2. The number of ether oxygens (including phenoxy) is 1. The minimum atomic E-state index is -1.16. The highest BCUT2D eigenvalue weighted by Gasteiger charge is 2.16. The van der Waals surface area contributed by atoms with Gasteiger partial charge in [0.05, 0.1) is 12.7 Å². The predicted molar refractivity (Wildman–Crippen MR) is 97.5 cm³/mol. The summed E-state index contributed by atoms with van der Waals surface area (Å²) in [5.74, 6) is -2.17. The van der Waals surface area contributed by atoms with Gasteiger partial charge in [-0.1, -0.05) is 30.3 Å². The van der Waals surface area contributed by atoms with Crippen molar-refractivity contribution in [3.05, 3.63) is 83.4 Å². The Labute approximate surface area is 150 Å². The van der Waals surface area contributed by atoms with Gasteiger partial charge in [-0.15, -0.1) is 0 Å². The van der Waals surface area contributed by atoms with E-state index in [0.29, 0.717) is 5.69 Å². The molecule has 3 rings (SSSR count). The van der Waals surface area contributed by atoms with Crippen LogP contribution >= 0.6 is 0 Å². The number of rotatable bonds is 4. The zero-order chi connectivity index (χ0) is 18.7. The van der Waals surface area contributed by atoms with E-state index in [2.05, 4.69) is 5.32 Å². The number of carbonyl (C=O) groups excluding carboxylic acids is 1. The summed E-state index contributed by atoms with van der Waals surface area (Å²) >= 11 is 0. The largest absolute Gasteiger partial charge is 0.496 e. The molecule has 0 aliphatic carbocycles. The van der Waals surface area contributed by atoms with Crippen LogP contribution in [-0.4, -0.2) is 13.0 Å². The second-order valence-electron chi connectivity index (χ2n) is 5.79. The predicted octanol–water partition coefficient (Wildman–Crippen LogP) is 5.20. The van der Waals surface area contributed by atoms with Crippen LogP contribution in [0.4, 0.5) is 14.5 Å². The van der Waals surface area contributed by atoms with Gasteiger partial charge >= 0.3 is 0 Å². The first-order chi connectivity index (χ1) is 12.5. The van der Waals surface area contributed by atoms with E-state index < -0.39 is 17.5 Å². The minimum Gasteiger partial charge on any atom is -0.496 e. The van der Waals surface area contributed by atoms with Crippen molar-refractivity contribution in [1.29, 1.82) is 0 Å². The van der Waals surface area contributed by atoms with E-state index in [0.717, 1.165) is 28.5 Å². The number of aryl methyl sites for hydroxylation is 1. The van der Waals surface area contributed by atoms with E-state index >= 15 is 0 Å². The molecule has 0 radical (unpaired) electrons. The number of amides is 1. The smallest absolute Gasteiger partial charge is 0.258 e. The summed E-state index contributed by atoms with van der Waals surface area (Å²) in [6.45, 7) is 1.83. The molecule has 1 N–H and O–H groups in total. The van der Waals surface area contributed by atoms with Crippen molar-refractivity contribution in [3.8, 4) is 16.9 Å². The van der Waals surface area contributed by atoms with E-state index in [1.54, 1.807) is 13.2 Å². The van der Waals surface area contributed by atoms with E-state index in [9.17, 15) is 13.6 Å². The van der Waals surface area contributed by atoms with Gasteiger partial charge in [-0.2, -0.15) is 0 Å². The van der Waals surface area contributed by atoms with Gasteiger partial charge in [0.2, 0.25) is 0 Å². The van der Waals surface area contributed by atoms with Crippen molar-refractivity contribution in [1.82, 2.24) is 0 Å². The quantitative estimate of drug-likeness (QED) is 0.700. The highest BCUT2D eigenvalue weighted by molar-refractivity contribution is 6.05. The molecule has 3 nitrogen and oxygen atoms in total. The first kappa shape index (κ1) is 17.6. The molecule has 132 valence electrons. The fourth-order valence-corrected chi connectivity index (χ4v) is 2.72. The maximum absolute atomic E-state index is 13.8. The number of benzene rings is 3. The lowest BCUT2D eigenvalue weighted by molar-refractivity contribution is 0.102. The molecule has 0 fully saturated rings. The molecule has 0 heterocycles. The Kier molecular flexibility index (Phi) is 4.98. The minimum absolute atomic E-state index is 0.335. The molecule has 0 aliphatic rings. The average molecular weight is 353 g/mol. The number of halogens is 2. The highest BCUT2D eigenvalue weighted by Crippen LogP contribution is 2.32. The Morgan fingerprint density at radius 3 is 2.50 bits per heavy atom. The molecule has 0 bridgehead atoms. The van der Waals surface area contributed by atoms with Gasteiger partial charge < -0.3 is 10.1 Å². The molecule has 0 unspecified atom stereocenters. The summed E-state index contributed by atoms with van der Waals surface area (Å²) in [6.07, 6.45) is 0. The molecule has 0 atom stereocenters. The third-order valence-electron chi connectivity index (χ3n) is 4.09. The molecule has 0 aliphatic heterocycles. The molecular formula is C21H17F2NO2. The van der Waals surface area contributed by atoms with Crippen molar-refractivity contribution in [2.75, 3.05) is 12.4 Å². The number of methoxy groups -OCH3 is 1. The molecule has 5 heteroatoms. The molecule has 1 amide bonds. The maximum atomic E-state index is 13.8. The molecule has 0 saturated carbocycles. The number of anilines is 1. The fraction of sp³-hybridized carbons (Fsp3) is 0.0952. The summed E-state index contributed by atoms with van der Waals surface area (Å²) in [6, 6.07) is 16.6. The van der Waals surface area contributed by atoms with Crippen LogP contribution in [0.25, 0.3) is 11.1 Å². The monoisotopic (exact) mass is 353 g/mol. The Balaban J connectivity index is 1.89. The summed E-state index contributed by atoms with van der Waals surface area (Å²) in [5, 5.41) is 2.62. The van der Waals surface area contributed by atoms with Crippen LogP contribution in [0.5, 0.6) is 5.75 Å². The van der Waals surface area contributed by atoms with Crippen LogP contribution in [0, 0.1) is 18.6 Å². The summed E-state index contributed by atoms with van der Waals surface area (Å²) in [5.41, 5.74) is 2.83. The van der Waals surface area contributed by atoms with Gasteiger partial charge in [0.15, 0.2) is 11.6 Å². The normalized spacial score (nSPS) is 10.5. The first-order valence-corrected chi connectivity index (χ1v) is 8.00. The van der Waals surface area contributed by atoms with Gasteiger partial charge in [-0.25, -0.2) is 8.78 Å². The van der Waals surface area contributed by atoms with Crippen LogP contribution in [0.1, 0.15) is 15.9 Å². The number of nitrogens with one attached hydrogen (secondary N) is 1. The lowest BCUT2D eigenvalue weighted by atomic mass is 10.0. The zero-order valence-corrected chi connectivity index (χ0v) is 14.3. The van der Waals surface area contributed by atoms with E-state index in [1.165, 1.54) is 12.1 Å². The Morgan fingerprint density at radius 1 is 1.00 bits per heavy atom. The van der Waals surface area contributed by atoms with Crippen molar-refractivity contribution in [3.63, 3.8) is 0 Å². The van der Waals surface area contributed by atoms with Crippen molar-refractivity contribution >= 4 is 11.6 Å². The lowest BCUT2D eigenvalue weighted by Gasteiger charge is -2.13. The lowest BCUT2D eigenvalue weighted by Crippen LogP contribution is -2.15.